The molecule has 0 aromatic heterocycles. The molecule has 2 aromatic carbocycles. The number of rotatable bonds is 4. The highest BCUT2D eigenvalue weighted by Gasteiger charge is 2.37. The molecule has 1 atom stereocenters. The van der Waals surface area contributed by atoms with Crippen LogP contribution in [-0.4, -0.2) is 36.0 Å². The van der Waals surface area contributed by atoms with Crippen molar-refractivity contribution in [3.63, 3.8) is 0 Å². The summed E-state index contributed by atoms with van der Waals surface area (Å²) in [7, 11) is 0. The molecule has 0 radical (unpaired) electrons. The SMILES string of the molecule is CCN1c2cc(C(=O)NCc3ccccc3C)ccc2C(=O)N2CCCCCC21. The lowest BCUT2D eigenvalue weighted by Gasteiger charge is -2.44. The molecule has 2 aliphatic rings. The molecule has 4 rings (SSSR count). The number of hydrogen-bond acceptors (Lipinski definition) is 3. The Kier molecular flexibility index (Phi) is 5.56. The van der Waals surface area contributed by atoms with Crippen LogP contribution in [0.2, 0.25) is 0 Å². The highest BCUT2D eigenvalue weighted by atomic mass is 16.2. The van der Waals surface area contributed by atoms with Crippen LogP contribution in [0.3, 0.4) is 0 Å². The van der Waals surface area contributed by atoms with Gasteiger partial charge >= 0.3 is 0 Å². The monoisotopic (exact) mass is 391 g/mol. The van der Waals surface area contributed by atoms with Gasteiger partial charge in [-0.3, -0.25) is 9.59 Å². The van der Waals surface area contributed by atoms with Crippen molar-refractivity contribution in [1.82, 2.24) is 10.2 Å². The number of amides is 2. The number of anilines is 1. The van der Waals surface area contributed by atoms with E-state index in [9.17, 15) is 9.59 Å². The van der Waals surface area contributed by atoms with Crippen LogP contribution < -0.4 is 10.2 Å². The number of carbonyl (C=O) groups excluding carboxylic acids is 2. The average molecular weight is 392 g/mol. The first-order valence-electron chi connectivity index (χ1n) is 10.6. The van der Waals surface area contributed by atoms with Gasteiger partial charge in [0.2, 0.25) is 0 Å². The molecule has 0 saturated carbocycles. The molecular formula is C24H29N3O2. The van der Waals surface area contributed by atoms with E-state index in [0.29, 0.717) is 17.7 Å². The summed E-state index contributed by atoms with van der Waals surface area (Å²) >= 11 is 0. The van der Waals surface area contributed by atoms with Crippen molar-refractivity contribution in [2.75, 3.05) is 18.0 Å². The zero-order chi connectivity index (χ0) is 20.4. The van der Waals surface area contributed by atoms with E-state index in [-0.39, 0.29) is 18.0 Å². The van der Waals surface area contributed by atoms with Crippen LogP contribution in [-0.2, 0) is 6.54 Å². The molecule has 0 bridgehead atoms. The maximum atomic E-state index is 13.1. The Hall–Kier alpha value is -2.82. The fourth-order valence-corrected chi connectivity index (χ4v) is 4.53. The quantitative estimate of drug-likeness (QED) is 0.853. The van der Waals surface area contributed by atoms with Crippen LogP contribution in [0.25, 0.3) is 0 Å². The first-order chi connectivity index (χ1) is 14.1. The molecule has 5 nitrogen and oxygen atoms in total. The number of carbonyl (C=O) groups is 2. The topological polar surface area (TPSA) is 52.7 Å². The van der Waals surface area contributed by atoms with Crippen molar-refractivity contribution in [3.05, 3.63) is 64.7 Å². The van der Waals surface area contributed by atoms with Gasteiger partial charge in [0.1, 0.15) is 6.17 Å². The normalized spacial score (nSPS) is 18.7. The maximum absolute atomic E-state index is 13.1. The Morgan fingerprint density at radius 1 is 1.14 bits per heavy atom. The van der Waals surface area contributed by atoms with Gasteiger partial charge in [0, 0.05) is 25.2 Å². The molecule has 1 N–H and O–H groups in total. The Morgan fingerprint density at radius 3 is 2.76 bits per heavy atom. The summed E-state index contributed by atoms with van der Waals surface area (Å²) in [5.41, 5.74) is 4.48. The van der Waals surface area contributed by atoms with Gasteiger partial charge in [-0.1, -0.05) is 30.7 Å². The lowest BCUT2D eigenvalue weighted by molar-refractivity contribution is 0.0656. The molecule has 1 unspecified atom stereocenters. The maximum Gasteiger partial charge on any atom is 0.257 e. The number of nitrogens with one attached hydrogen (secondary N) is 1. The molecule has 152 valence electrons. The molecular weight excluding hydrogens is 362 g/mol. The first-order valence-corrected chi connectivity index (χ1v) is 10.6. The van der Waals surface area contributed by atoms with Crippen LogP contribution in [0, 0.1) is 6.92 Å². The molecule has 2 aromatic rings. The predicted molar refractivity (Wildman–Crippen MR) is 115 cm³/mol. The number of aryl methyl sites for hydroxylation is 1. The number of benzene rings is 2. The molecule has 2 amide bonds. The molecule has 5 heteroatoms. The molecule has 2 heterocycles. The number of fused-ring (bicyclic) bond motifs is 2. The summed E-state index contributed by atoms with van der Waals surface area (Å²) in [6.07, 6.45) is 4.46. The van der Waals surface area contributed by atoms with E-state index < -0.39 is 0 Å². The minimum Gasteiger partial charge on any atom is -0.351 e. The average Bonchev–Trinajstić information content (AvgIpc) is 2.99. The second-order valence-electron chi connectivity index (χ2n) is 7.96. The predicted octanol–water partition coefficient (Wildman–Crippen LogP) is 4.11. The van der Waals surface area contributed by atoms with E-state index in [0.717, 1.165) is 49.2 Å². The Morgan fingerprint density at radius 2 is 1.97 bits per heavy atom. The number of nitrogens with zero attached hydrogens (tertiary/aromatic N) is 2. The van der Waals surface area contributed by atoms with E-state index >= 15 is 0 Å². The lowest BCUT2D eigenvalue weighted by Crippen LogP contribution is -2.55. The largest absolute Gasteiger partial charge is 0.351 e. The fourth-order valence-electron chi connectivity index (χ4n) is 4.53. The van der Waals surface area contributed by atoms with Gasteiger partial charge in [-0.05, 0) is 62.4 Å². The molecule has 2 aliphatic heterocycles. The van der Waals surface area contributed by atoms with Gasteiger partial charge in [0.15, 0.2) is 0 Å². The smallest absolute Gasteiger partial charge is 0.257 e. The third kappa shape index (κ3) is 3.74. The van der Waals surface area contributed by atoms with Crippen molar-refractivity contribution in [3.8, 4) is 0 Å². The molecule has 0 spiro atoms. The molecule has 0 aliphatic carbocycles. The zero-order valence-electron chi connectivity index (χ0n) is 17.3. The third-order valence-electron chi connectivity index (χ3n) is 6.18. The van der Waals surface area contributed by atoms with E-state index in [4.69, 9.17) is 0 Å². The van der Waals surface area contributed by atoms with Gasteiger partial charge in [-0.2, -0.15) is 0 Å². The van der Waals surface area contributed by atoms with Crippen LogP contribution in [0.15, 0.2) is 42.5 Å². The minimum absolute atomic E-state index is 0.100. The summed E-state index contributed by atoms with van der Waals surface area (Å²) in [4.78, 5) is 30.2. The molecule has 1 saturated heterocycles. The minimum atomic E-state index is -0.108. The second kappa shape index (κ2) is 8.27. The highest BCUT2D eigenvalue weighted by Crippen LogP contribution is 2.35. The number of hydrogen-bond donors (Lipinski definition) is 1. The van der Waals surface area contributed by atoms with E-state index in [1.54, 1.807) is 6.07 Å². The lowest BCUT2D eigenvalue weighted by atomic mass is 10.0. The summed E-state index contributed by atoms with van der Waals surface area (Å²) in [6.45, 7) is 6.29. The summed E-state index contributed by atoms with van der Waals surface area (Å²) in [5, 5.41) is 3.02. The summed E-state index contributed by atoms with van der Waals surface area (Å²) in [6, 6.07) is 13.5. The van der Waals surface area contributed by atoms with Crippen molar-refractivity contribution >= 4 is 17.5 Å². The van der Waals surface area contributed by atoms with Crippen molar-refractivity contribution in [2.45, 2.75) is 52.2 Å². The van der Waals surface area contributed by atoms with Crippen LogP contribution in [0.4, 0.5) is 5.69 Å². The van der Waals surface area contributed by atoms with E-state index in [2.05, 4.69) is 17.1 Å². The van der Waals surface area contributed by atoms with Crippen molar-refractivity contribution < 1.29 is 9.59 Å². The Labute approximate surface area is 172 Å². The van der Waals surface area contributed by atoms with Crippen LogP contribution in [0.1, 0.15) is 64.4 Å². The standard InChI is InChI=1S/C24H29N3O2/c1-3-26-21-15-18(23(28)25-16-19-10-7-6-9-17(19)2)12-13-20(21)24(29)27-14-8-4-5-11-22(26)27/h6-7,9-10,12-13,15,22H,3-5,8,11,14,16H2,1-2H3,(H,25,28). The van der Waals surface area contributed by atoms with Crippen LogP contribution >= 0.6 is 0 Å². The van der Waals surface area contributed by atoms with Crippen molar-refractivity contribution in [1.29, 1.82) is 0 Å². The first kappa shape index (κ1) is 19.5. The third-order valence-corrected chi connectivity index (χ3v) is 6.18. The van der Waals surface area contributed by atoms with Crippen LogP contribution in [0.5, 0.6) is 0 Å². The molecule has 1 fully saturated rings. The van der Waals surface area contributed by atoms with Gasteiger partial charge in [0.05, 0.1) is 11.3 Å². The van der Waals surface area contributed by atoms with Gasteiger partial charge in [-0.15, -0.1) is 0 Å². The van der Waals surface area contributed by atoms with Gasteiger partial charge in [-0.25, -0.2) is 0 Å². The zero-order valence-corrected chi connectivity index (χ0v) is 17.3. The Bertz CT molecular complexity index is 924. The Balaban J connectivity index is 1.59. The summed E-state index contributed by atoms with van der Waals surface area (Å²) < 4.78 is 0. The van der Waals surface area contributed by atoms with Gasteiger partial charge < -0.3 is 15.1 Å². The van der Waals surface area contributed by atoms with Gasteiger partial charge in [0.25, 0.3) is 11.8 Å². The van der Waals surface area contributed by atoms with E-state index in [1.807, 2.05) is 48.2 Å². The molecule has 29 heavy (non-hydrogen) atoms. The summed E-state index contributed by atoms with van der Waals surface area (Å²) in [5.74, 6) is -0.00804. The fraction of sp³-hybridized carbons (Fsp3) is 0.417. The van der Waals surface area contributed by atoms with Crippen molar-refractivity contribution in [2.24, 2.45) is 0 Å². The highest BCUT2D eigenvalue weighted by molar-refractivity contribution is 6.04. The van der Waals surface area contributed by atoms with E-state index in [1.165, 1.54) is 6.42 Å². The second-order valence-corrected chi connectivity index (χ2v) is 7.96.